The fourth-order valence-corrected chi connectivity index (χ4v) is 5.55. The van der Waals surface area contributed by atoms with Crippen molar-refractivity contribution in [3.05, 3.63) is 66.5 Å². The smallest absolute Gasteiger partial charge is 0.407 e. The molecule has 208 valence electrons. The molecule has 1 aromatic heterocycles. The number of alkyl carbamates (subject to hydrolysis) is 1. The Morgan fingerprint density at radius 1 is 1.08 bits per heavy atom. The Morgan fingerprint density at radius 3 is 2.32 bits per heavy atom. The predicted octanol–water partition coefficient (Wildman–Crippen LogP) is 5.48. The van der Waals surface area contributed by atoms with Crippen molar-refractivity contribution in [2.45, 2.75) is 104 Å². The van der Waals surface area contributed by atoms with Gasteiger partial charge < -0.3 is 25.7 Å². The number of carbonyl (C=O) groups is 2. The molecule has 1 saturated carbocycles. The molecule has 1 aliphatic rings. The number of hydrogen-bond donors (Lipinski definition) is 4. The van der Waals surface area contributed by atoms with Crippen LogP contribution in [0.25, 0.3) is 0 Å². The summed E-state index contributed by atoms with van der Waals surface area (Å²) in [6.07, 6.45) is 3.28. The first kappa shape index (κ1) is 29.9. The van der Waals surface area contributed by atoms with Crippen molar-refractivity contribution in [3.63, 3.8) is 0 Å². The minimum absolute atomic E-state index is 0.0293. The summed E-state index contributed by atoms with van der Waals surface area (Å²) in [5, 5.41) is 9.63. The lowest BCUT2D eigenvalue weighted by Gasteiger charge is -2.32. The van der Waals surface area contributed by atoms with E-state index in [0.717, 1.165) is 52.5 Å². The highest BCUT2D eigenvalue weighted by Crippen LogP contribution is 2.28. The van der Waals surface area contributed by atoms with Gasteiger partial charge in [0.1, 0.15) is 5.60 Å². The normalized spacial score (nSPS) is 18.5. The molecule has 1 unspecified atom stereocenters. The number of aromatic nitrogens is 1. The molecule has 0 radical (unpaired) electrons. The number of H-pyrrole nitrogens is 1. The number of hydrogen-bond acceptors (Lipinski definition) is 5. The molecule has 0 saturated heterocycles. The SMILES string of the molecule is Cc1cc(C)c(CNC(=O)c2cc(Br)cc(C(C)NC3CCC(NC(=O)OC(C)(C)C)CC3)c2C)c(=O)[nH]1. The molecule has 1 atom stereocenters. The number of halogens is 1. The van der Waals surface area contributed by atoms with Gasteiger partial charge in [-0.05, 0) is 109 Å². The van der Waals surface area contributed by atoms with E-state index in [4.69, 9.17) is 4.74 Å². The van der Waals surface area contributed by atoms with E-state index in [1.807, 2.05) is 59.7 Å². The molecule has 1 fully saturated rings. The minimum atomic E-state index is -0.507. The second-order valence-corrected chi connectivity index (χ2v) is 12.3. The fraction of sp³-hybridized carbons (Fsp3) is 0.552. The van der Waals surface area contributed by atoms with Crippen LogP contribution in [0.2, 0.25) is 0 Å². The predicted molar refractivity (Wildman–Crippen MR) is 154 cm³/mol. The molecule has 38 heavy (non-hydrogen) atoms. The van der Waals surface area contributed by atoms with Crippen LogP contribution < -0.4 is 21.5 Å². The van der Waals surface area contributed by atoms with Crippen LogP contribution in [0.4, 0.5) is 4.79 Å². The molecule has 2 aromatic rings. The zero-order valence-electron chi connectivity index (χ0n) is 23.5. The van der Waals surface area contributed by atoms with Gasteiger partial charge in [0.2, 0.25) is 0 Å². The Morgan fingerprint density at radius 2 is 1.71 bits per heavy atom. The second-order valence-electron chi connectivity index (χ2n) is 11.4. The van der Waals surface area contributed by atoms with Gasteiger partial charge in [-0.2, -0.15) is 0 Å². The maximum absolute atomic E-state index is 13.1. The van der Waals surface area contributed by atoms with E-state index in [9.17, 15) is 14.4 Å². The highest BCUT2D eigenvalue weighted by atomic mass is 79.9. The first-order chi connectivity index (χ1) is 17.7. The minimum Gasteiger partial charge on any atom is -0.444 e. The number of aromatic amines is 1. The zero-order chi connectivity index (χ0) is 28.2. The van der Waals surface area contributed by atoms with Crippen LogP contribution in [-0.4, -0.2) is 34.7 Å². The molecular weight excluding hydrogens is 548 g/mol. The number of carbonyl (C=O) groups excluding carboxylic acids is 2. The lowest BCUT2D eigenvalue weighted by Crippen LogP contribution is -2.44. The van der Waals surface area contributed by atoms with Gasteiger partial charge in [-0.15, -0.1) is 0 Å². The Labute approximate surface area is 233 Å². The van der Waals surface area contributed by atoms with Crippen LogP contribution in [0.15, 0.2) is 27.5 Å². The van der Waals surface area contributed by atoms with Gasteiger partial charge in [-0.25, -0.2) is 4.79 Å². The van der Waals surface area contributed by atoms with E-state index >= 15 is 0 Å². The van der Waals surface area contributed by atoms with E-state index in [1.165, 1.54) is 0 Å². The van der Waals surface area contributed by atoms with Crippen molar-refractivity contribution >= 4 is 27.9 Å². The molecular formula is C29H41BrN4O4. The van der Waals surface area contributed by atoms with E-state index in [0.29, 0.717) is 17.2 Å². The summed E-state index contributed by atoms with van der Waals surface area (Å²) < 4.78 is 6.21. The van der Waals surface area contributed by atoms with Gasteiger partial charge in [0.05, 0.1) is 0 Å². The monoisotopic (exact) mass is 588 g/mol. The Bertz CT molecular complexity index is 1230. The van der Waals surface area contributed by atoms with Crippen LogP contribution >= 0.6 is 15.9 Å². The number of nitrogens with one attached hydrogen (secondary N) is 4. The topological polar surface area (TPSA) is 112 Å². The van der Waals surface area contributed by atoms with Crippen LogP contribution in [0.5, 0.6) is 0 Å². The van der Waals surface area contributed by atoms with E-state index in [1.54, 1.807) is 0 Å². The van der Waals surface area contributed by atoms with Crippen molar-refractivity contribution in [2.75, 3.05) is 0 Å². The van der Waals surface area contributed by atoms with Gasteiger partial charge in [-0.3, -0.25) is 9.59 Å². The molecule has 4 N–H and O–H groups in total. The first-order valence-electron chi connectivity index (χ1n) is 13.3. The maximum atomic E-state index is 13.1. The number of rotatable bonds is 7. The lowest BCUT2D eigenvalue weighted by atomic mass is 9.89. The fourth-order valence-electron chi connectivity index (χ4n) is 5.07. The summed E-state index contributed by atoms with van der Waals surface area (Å²) in [5.41, 5.74) is 4.05. The average molecular weight is 590 g/mol. The highest BCUT2D eigenvalue weighted by Gasteiger charge is 2.26. The van der Waals surface area contributed by atoms with Gasteiger partial charge >= 0.3 is 6.09 Å². The number of ether oxygens (including phenoxy) is 1. The third kappa shape index (κ3) is 8.17. The van der Waals surface area contributed by atoms with Crippen LogP contribution in [-0.2, 0) is 11.3 Å². The molecule has 2 amide bonds. The summed E-state index contributed by atoms with van der Waals surface area (Å²) in [7, 11) is 0. The third-order valence-corrected chi connectivity index (χ3v) is 7.43. The Kier molecular flexibility index (Phi) is 9.81. The standard InChI is InChI=1S/C29H41BrN4O4/c1-16-12-17(2)32-27(36)25(16)15-31-26(35)24-14-20(30)13-23(18(24)3)19(4)33-21-8-10-22(11-9-21)34-28(37)38-29(5,6)7/h12-14,19,21-22,33H,8-11,15H2,1-7H3,(H,31,35)(H,32,36)(H,34,37). The highest BCUT2D eigenvalue weighted by molar-refractivity contribution is 9.10. The molecule has 8 nitrogen and oxygen atoms in total. The Hall–Kier alpha value is -2.65. The van der Waals surface area contributed by atoms with Gasteiger partial charge in [0.15, 0.2) is 0 Å². The summed E-state index contributed by atoms with van der Waals surface area (Å²) in [6, 6.07) is 6.23. The van der Waals surface area contributed by atoms with Crippen molar-refractivity contribution < 1.29 is 14.3 Å². The molecule has 3 rings (SSSR count). The van der Waals surface area contributed by atoms with Gasteiger partial charge in [-0.1, -0.05) is 15.9 Å². The molecule has 1 heterocycles. The van der Waals surface area contributed by atoms with Crippen LogP contribution in [0, 0.1) is 20.8 Å². The summed E-state index contributed by atoms with van der Waals surface area (Å²) in [5.74, 6) is -0.217. The molecule has 0 bridgehead atoms. The summed E-state index contributed by atoms with van der Waals surface area (Å²) >= 11 is 3.57. The number of pyridine rings is 1. The third-order valence-electron chi connectivity index (χ3n) is 6.98. The summed E-state index contributed by atoms with van der Waals surface area (Å²) in [6.45, 7) is 13.5. The largest absolute Gasteiger partial charge is 0.444 e. The second kappa shape index (κ2) is 12.5. The average Bonchev–Trinajstić information content (AvgIpc) is 2.79. The van der Waals surface area contributed by atoms with Crippen molar-refractivity contribution in [2.24, 2.45) is 0 Å². The first-order valence-corrected chi connectivity index (χ1v) is 14.1. The number of aryl methyl sites for hydroxylation is 2. The summed E-state index contributed by atoms with van der Waals surface area (Å²) in [4.78, 5) is 40.4. The number of amides is 2. The van der Waals surface area contributed by atoms with Crippen molar-refractivity contribution in [1.29, 1.82) is 0 Å². The molecule has 9 heteroatoms. The van der Waals surface area contributed by atoms with Gasteiger partial charge in [0, 0.05) is 46.0 Å². The van der Waals surface area contributed by atoms with E-state index in [-0.39, 0.29) is 36.2 Å². The lowest BCUT2D eigenvalue weighted by molar-refractivity contribution is 0.0489. The maximum Gasteiger partial charge on any atom is 0.407 e. The zero-order valence-corrected chi connectivity index (χ0v) is 25.1. The van der Waals surface area contributed by atoms with E-state index < -0.39 is 5.60 Å². The molecule has 0 aliphatic heterocycles. The molecule has 0 spiro atoms. The van der Waals surface area contributed by atoms with Crippen molar-refractivity contribution in [1.82, 2.24) is 20.9 Å². The molecule has 1 aromatic carbocycles. The van der Waals surface area contributed by atoms with Gasteiger partial charge in [0.25, 0.3) is 11.5 Å². The molecule has 1 aliphatic carbocycles. The van der Waals surface area contributed by atoms with E-state index in [2.05, 4.69) is 43.8 Å². The van der Waals surface area contributed by atoms with Crippen LogP contribution in [0.1, 0.15) is 97.7 Å². The van der Waals surface area contributed by atoms with Crippen molar-refractivity contribution in [3.8, 4) is 0 Å². The Balaban J connectivity index is 1.61. The quantitative estimate of drug-likeness (QED) is 0.342. The van der Waals surface area contributed by atoms with Crippen LogP contribution in [0.3, 0.4) is 0 Å². The number of benzene rings is 1.